The third-order valence-corrected chi connectivity index (χ3v) is 5.89. The highest BCUT2D eigenvalue weighted by molar-refractivity contribution is 5.76. The van der Waals surface area contributed by atoms with E-state index in [0.717, 1.165) is 37.0 Å². The molecule has 3 heteroatoms. The second-order valence-electron chi connectivity index (χ2n) is 7.83. The van der Waals surface area contributed by atoms with Crippen LogP contribution in [-0.4, -0.2) is 9.13 Å². The van der Waals surface area contributed by atoms with Gasteiger partial charge in [0.2, 0.25) is 0 Å². The van der Waals surface area contributed by atoms with Crippen molar-refractivity contribution in [1.82, 2.24) is 9.13 Å². The Morgan fingerprint density at radius 3 is 1.54 bits per heavy atom. The molecule has 0 amide bonds. The van der Waals surface area contributed by atoms with E-state index >= 15 is 0 Å². The van der Waals surface area contributed by atoms with E-state index in [1.165, 1.54) is 38.5 Å². The fourth-order valence-electron chi connectivity index (χ4n) is 3.98. The van der Waals surface area contributed by atoms with Crippen LogP contribution in [0.15, 0.2) is 29.1 Å². The second kappa shape index (κ2) is 10.6. The minimum Gasteiger partial charge on any atom is -0.292 e. The highest BCUT2D eigenvalue weighted by Gasteiger charge is 2.18. The molecule has 0 aliphatic rings. The van der Waals surface area contributed by atoms with Crippen LogP contribution in [0.2, 0.25) is 0 Å². The molecule has 0 fully saturated rings. The van der Waals surface area contributed by atoms with Crippen LogP contribution in [0.1, 0.15) is 79.1 Å². The molecule has 0 spiro atoms. The normalized spacial score (nSPS) is 14.0. The van der Waals surface area contributed by atoms with Gasteiger partial charge in [-0.1, -0.05) is 78.4 Å². The summed E-state index contributed by atoms with van der Waals surface area (Å²) in [6, 6.07) is 8.35. The Morgan fingerprint density at radius 1 is 0.769 bits per heavy atom. The van der Waals surface area contributed by atoms with Gasteiger partial charge in [-0.2, -0.15) is 0 Å². The quantitative estimate of drug-likeness (QED) is 0.441. The van der Waals surface area contributed by atoms with Crippen LogP contribution < -0.4 is 5.69 Å². The number of para-hydroxylation sites is 2. The zero-order valence-corrected chi connectivity index (χ0v) is 17.3. The molecule has 2 aromatic rings. The maximum absolute atomic E-state index is 13.3. The molecule has 0 aliphatic heterocycles. The number of hydrogen-bond donors (Lipinski definition) is 0. The van der Waals surface area contributed by atoms with Crippen LogP contribution in [0.5, 0.6) is 0 Å². The summed E-state index contributed by atoms with van der Waals surface area (Å²) in [6.07, 6.45) is 9.66. The van der Waals surface area contributed by atoms with Crippen molar-refractivity contribution in [3.63, 3.8) is 0 Å². The van der Waals surface area contributed by atoms with Crippen molar-refractivity contribution in [3.05, 3.63) is 34.7 Å². The first-order valence-electron chi connectivity index (χ1n) is 10.8. The van der Waals surface area contributed by atoms with E-state index in [0.29, 0.717) is 11.8 Å². The van der Waals surface area contributed by atoms with Gasteiger partial charge < -0.3 is 0 Å². The van der Waals surface area contributed by atoms with Crippen molar-refractivity contribution in [2.75, 3.05) is 0 Å². The molecule has 0 bridgehead atoms. The number of unbranched alkanes of at least 4 members (excludes halogenated alkanes) is 2. The fraction of sp³-hybridized carbons (Fsp3) is 0.696. The minimum absolute atomic E-state index is 0.191. The van der Waals surface area contributed by atoms with Gasteiger partial charge >= 0.3 is 5.69 Å². The van der Waals surface area contributed by atoms with Crippen LogP contribution in [0, 0.1) is 11.8 Å². The van der Waals surface area contributed by atoms with Crippen molar-refractivity contribution < 1.29 is 0 Å². The maximum atomic E-state index is 13.3. The predicted octanol–water partition coefficient (Wildman–Crippen LogP) is 6.24. The summed E-state index contributed by atoms with van der Waals surface area (Å²) in [5.74, 6) is 1.18. The molecule has 2 unspecified atom stereocenters. The monoisotopic (exact) mass is 358 g/mol. The van der Waals surface area contributed by atoms with Gasteiger partial charge in [-0.15, -0.1) is 0 Å². The molecule has 0 N–H and O–H groups in total. The van der Waals surface area contributed by atoms with Gasteiger partial charge in [-0.3, -0.25) is 9.13 Å². The summed E-state index contributed by atoms with van der Waals surface area (Å²) >= 11 is 0. The number of fused-ring (bicyclic) bond motifs is 1. The van der Waals surface area contributed by atoms with Crippen LogP contribution in [0.4, 0.5) is 0 Å². The lowest BCUT2D eigenvalue weighted by Crippen LogP contribution is -2.28. The highest BCUT2D eigenvalue weighted by atomic mass is 16.1. The van der Waals surface area contributed by atoms with Crippen molar-refractivity contribution in [2.45, 2.75) is 92.2 Å². The van der Waals surface area contributed by atoms with Crippen LogP contribution >= 0.6 is 0 Å². The van der Waals surface area contributed by atoms with Crippen molar-refractivity contribution in [2.24, 2.45) is 11.8 Å². The minimum atomic E-state index is 0.191. The van der Waals surface area contributed by atoms with Crippen molar-refractivity contribution in [3.8, 4) is 0 Å². The van der Waals surface area contributed by atoms with E-state index in [4.69, 9.17) is 0 Å². The largest absolute Gasteiger partial charge is 0.329 e. The number of imidazole rings is 1. The first-order chi connectivity index (χ1) is 12.7. The zero-order chi connectivity index (χ0) is 18.9. The molecule has 1 aromatic heterocycles. The average molecular weight is 359 g/mol. The molecule has 1 aromatic carbocycles. The molecular weight excluding hydrogens is 320 g/mol. The molecule has 146 valence electrons. The summed E-state index contributed by atoms with van der Waals surface area (Å²) in [6.45, 7) is 10.7. The van der Waals surface area contributed by atoms with E-state index in [9.17, 15) is 4.79 Å². The summed E-state index contributed by atoms with van der Waals surface area (Å²) in [5, 5.41) is 0. The standard InChI is InChI=1S/C23H38N2O/c1-5-9-13-19(7-3)17-24-21-15-11-12-16-22(21)25(23(24)26)18-20(8-4)14-10-6-2/h11-12,15-16,19-20H,5-10,13-14,17-18H2,1-4H3. The molecule has 3 nitrogen and oxygen atoms in total. The van der Waals surface area contributed by atoms with Crippen molar-refractivity contribution in [1.29, 1.82) is 0 Å². The van der Waals surface area contributed by atoms with E-state index in [2.05, 4.69) is 52.0 Å². The number of benzene rings is 1. The Bertz CT molecular complexity index is 655. The second-order valence-corrected chi connectivity index (χ2v) is 7.83. The number of aromatic nitrogens is 2. The molecule has 2 atom stereocenters. The molecule has 26 heavy (non-hydrogen) atoms. The molecule has 0 saturated heterocycles. The summed E-state index contributed by atoms with van der Waals surface area (Å²) in [5.41, 5.74) is 2.41. The molecule has 1 heterocycles. The van der Waals surface area contributed by atoms with E-state index in [-0.39, 0.29) is 5.69 Å². The Balaban J connectivity index is 2.34. The van der Waals surface area contributed by atoms with Crippen LogP contribution in [0.3, 0.4) is 0 Å². The maximum Gasteiger partial charge on any atom is 0.329 e. The lowest BCUT2D eigenvalue weighted by Gasteiger charge is -2.16. The lowest BCUT2D eigenvalue weighted by atomic mass is 9.99. The SMILES string of the molecule is CCCCC(CC)Cn1c(=O)n(CC(CC)CCCC)c2ccccc21. The molecule has 0 saturated carbocycles. The van der Waals surface area contributed by atoms with Gasteiger partial charge in [0.1, 0.15) is 0 Å². The first kappa shape index (κ1) is 20.8. The van der Waals surface area contributed by atoms with Gasteiger partial charge in [0.15, 0.2) is 0 Å². The Labute approximate surface area is 159 Å². The van der Waals surface area contributed by atoms with Gasteiger partial charge in [-0.25, -0.2) is 4.79 Å². The summed E-state index contributed by atoms with van der Waals surface area (Å²) in [7, 11) is 0. The summed E-state index contributed by atoms with van der Waals surface area (Å²) < 4.78 is 4.09. The number of rotatable bonds is 12. The van der Waals surface area contributed by atoms with Crippen LogP contribution in [0.25, 0.3) is 11.0 Å². The van der Waals surface area contributed by atoms with E-state index in [1.54, 1.807) is 0 Å². The fourth-order valence-corrected chi connectivity index (χ4v) is 3.98. The predicted molar refractivity (Wildman–Crippen MR) is 113 cm³/mol. The first-order valence-corrected chi connectivity index (χ1v) is 10.8. The molecule has 0 radical (unpaired) electrons. The molecular formula is C23H38N2O. The number of nitrogens with zero attached hydrogens (tertiary/aromatic N) is 2. The third-order valence-electron chi connectivity index (χ3n) is 5.89. The Hall–Kier alpha value is -1.51. The zero-order valence-electron chi connectivity index (χ0n) is 17.3. The van der Waals surface area contributed by atoms with Gasteiger partial charge in [0.25, 0.3) is 0 Å². The van der Waals surface area contributed by atoms with Gasteiger partial charge in [0, 0.05) is 13.1 Å². The third kappa shape index (κ3) is 5.02. The van der Waals surface area contributed by atoms with E-state index < -0.39 is 0 Å². The van der Waals surface area contributed by atoms with Crippen molar-refractivity contribution >= 4 is 11.0 Å². The average Bonchev–Trinajstić information content (AvgIpc) is 2.93. The van der Waals surface area contributed by atoms with Crippen LogP contribution in [-0.2, 0) is 13.1 Å². The van der Waals surface area contributed by atoms with Gasteiger partial charge in [-0.05, 0) is 36.8 Å². The highest BCUT2D eigenvalue weighted by Crippen LogP contribution is 2.21. The van der Waals surface area contributed by atoms with Gasteiger partial charge in [0.05, 0.1) is 11.0 Å². The summed E-state index contributed by atoms with van der Waals surface area (Å²) in [4.78, 5) is 13.3. The topological polar surface area (TPSA) is 26.9 Å². The molecule has 2 rings (SSSR count). The molecule has 0 aliphatic carbocycles. The number of hydrogen-bond acceptors (Lipinski definition) is 1. The van der Waals surface area contributed by atoms with E-state index in [1.807, 2.05) is 9.13 Å². The Morgan fingerprint density at radius 2 is 1.19 bits per heavy atom. The smallest absolute Gasteiger partial charge is 0.292 e. The lowest BCUT2D eigenvalue weighted by molar-refractivity contribution is 0.370. The Kier molecular flexibility index (Phi) is 8.47.